The largest absolute Gasteiger partial charge is 0.459 e. The quantitative estimate of drug-likeness (QED) is 0.317. The Hall–Kier alpha value is -0.280. The van der Waals surface area contributed by atoms with E-state index in [0.717, 1.165) is 25.7 Å². The number of unbranched alkanes of at least 4 members (excludes halogenated alkanes) is 8. The lowest BCUT2D eigenvalue weighted by Crippen LogP contribution is -2.23. The van der Waals surface area contributed by atoms with Gasteiger partial charge in [0.1, 0.15) is 6.08 Å². The Balaban J connectivity index is 4.08. The van der Waals surface area contributed by atoms with Crippen LogP contribution >= 0.6 is 11.6 Å². The summed E-state index contributed by atoms with van der Waals surface area (Å²) < 4.78 is 40.8. The number of aliphatic hydroxyl groups is 1. The van der Waals surface area contributed by atoms with Crippen LogP contribution in [0.15, 0.2) is 0 Å². The summed E-state index contributed by atoms with van der Waals surface area (Å²) in [5.41, 5.74) is 0. The highest BCUT2D eigenvalue weighted by molar-refractivity contribution is 6.18. The predicted molar refractivity (Wildman–Crippen MR) is 79.5 cm³/mol. The summed E-state index contributed by atoms with van der Waals surface area (Å²) in [7, 11) is 0. The number of carbonyl (C=O) groups excluding carboxylic acids is 1. The second-order valence-electron chi connectivity index (χ2n) is 4.59. The van der Waals surface area contributed by atoms with Gasteiger partial charge in [0.2, 0.25) is 0 Å². The molecule has 1 atom stereocenters. The predicted octanol–water partition coefficient (Wildman–Crippen LogP) is 4.05. The molecule has 4 heteroatoms. The number of hydrogen-bond donors (Lipinski definition) is 1. The van der Waals surface area contributed by atoms with E-state index < -0.39 is 24.4 Å². The lowest BCUT2D eigenvalue weighted by Gasteiger charge is -2.12. The molecule has 0 radical (unpaired) electrons. The van der Waals surface area contributed by atoms with E-state index in [4.69, 9.17) is 18.5 Å². The Labute approximate surface area is 129 Å². The number of rotatable bonds is 13. The molecule has 3 nitrogen and oxygen atoms in total. The van der Waals surface area contributed by atoms with Crippen molar-refractivity contribution >= 4 is 17.6 Å². The van der Waals surface area contributed by atoms with Crippen molar-refractivity contribution in [2.24, 2.45) is 0 Å². The number of hydrogen-bond acceptors (Lipinski definition) is 3. The van der Waals surface area contributed by atoms with Crippen LogP contribution < -0.4 is 0 Å². The zero-order valence-corrected chi connectivity index (χ0v) is 12.5. The molecule has 0 heterocycles. The standard InChI is InChI=1S/C15H29ClO3/c1-2-3-4-5-6-7-8-9-10-11-15(18)19-14(12-16)13-17/h14,17H,2-13H2,1H3/i12D2,13D2,14D. The number of halogens is 1. The third-order valence-electron chi connectivity index (χ3n) is 2.89. The molecule has 0 amide bonds. The molecule has 0 aliphatic carbocycles. The molecule has 0 aromatic heterocycles. The molecule has 0 bridgehead atoms. The summed E-state index contributed by atoms with van der Waals surface area (Å²) in [5, 5.41) is 9.30. The first-order chi connectivity index (χ1) is 11.0. The van der Waals surface area contributed by atoms with Gasteiger partial charge < -0.3 is 9.84 Å². The molecule has 0 fully saturated rings. The van der Waals surface area contributed by atoms with E-state index in [1.54, 1.807) is 0 Å². The second kappa shape index (κ2) is 14.1. The van der Waals surface area contributed by atoms with Gasteiger partial charge >= 0.3 is 5.97 Å². The van der Waals surface area contributed by atoms with E-state index in [1.807, 2.05) is 0 Å². The molecule has 0 aromatic carbocycles. The van der Waals surface area contributed by atoms with E-state index >= 15 is 0 Å². The molecule has 0 spiro atoms. The van der Waals surface area contributed by atoms with Gasteiger partial charge in [-0.25, -0.2) is 0 Å². The molecule has 0 saturated carbocycles. The summed E-state index contributed by atoms with van der Waals surface area (Å²) in [5.74, 6) is -4.02. The van der Waals surface area contributed by atoms with Gasteiger partial charge in [0.15, 0.2) is 0 Å². The van der Waals surface area contributed by atoms with E-state index in [2.05, 4.69) is 11.7 Å². The Kier molecular flexibility index (Phi) is 8.47. The number of ether oxygens (including phenoxy) is 1. The average Bonchev–Trinajstić information content (AvgIpc) is 2.43. The maximum absolute atomic E-state index is 11.7. The van der Waals surface area contributed by atoms with E-state index in [-0.39, 0.29) is 6.42 Å². The highest BCUT2D eigenvalue weighted by Crippen LogP contribution is 2.11. The van der Waals surface area contributed by atoms with Gasteiger partial charge in [-0.15, -0.1) is 11.6 Å². The first kappa shape index (κ1) is 11.4. The van der Waals surface area contributed by atoms with Crippen molar-refractivity contribution in [2.45, 2.75) is 77.2 Å². The van der Waals surface area contributed by atoms with Crippen molar-refractivity contribution in [1.82, 2.24) is 0 Å². The van der Waals surface area contributed by atoms with Crippen LogP contribution in [0.4, 0.5) is 0 Å². The highest BCUT2D eigenvalue weighted by Gasteiger charge is 2.11. The second-order valence-corrected chi connectivity index (χ2v) is 4.78. The molecule has 1 N–H and O–H groups in total. The summed E-state index contributed by atoms with van der Waals surface area (Å²) in [6, 6.07) is 0. The molecule has 0 aliphatic heterocycles. The van der Waals surface area contributed by atoms with Crippen LogP contribution in [0, 0.1) is 0 Å². The SMILES string of the molecule is [2H]C([2H])(O)C([2H])(OC(=O)CCCCCCCCCCC)C([2H])([2H])Cl. The smallest absolute Gasteiger partial charge is 0.306 e. The lowest BCUT2D eigenvalue weighted by atomic mass is 10.1. The van der Waals surface area contributed by atoms with E-state index in [1.165, 1.54) is 25.7 Å². The van der Waals surface area contributed by atoms with Crippen LogP contribution in [0.25, 0.3) is 0 Å². The van der Waals surface area contributed by atoms with Gasteiger partial charge in [0.25, 0.3) is 0 Å². The molecule has 0 aliphatic rings. The van der Waals surface area contributed by atoms with Gasteiger partial charge in [-0.1, -0.05) is 58.3 Å². The molecular weight excluding hydrogens is 264 g/mol. The molecule has 0 saturated heterocycles. The molecule has 1 unspecified atom stereocenters. The highest BCUT2D eigenvalue weighted by atomic mass is 35.5. The van der Waals surface area contributed by atoms with E-state index in [9.17, 15) is 9.90 Å². The van der Waals surface area contributed by atoms with Gasteiger partial charge in [-0.3, -0.25) is 4.79 Å². The first-order valence-corrected chi connectivity index (χ1v) is 7.46. The zero-order valence-electron chi connectivity index (χ0n) is 16.7. The zero-order chi connectivity index (χ0) is 18.9. The van der Waals surface area contributed by atoms with Crippen LogP contribution in [-0.2, 0) is 9.53 Å². The fourth-order valence-corrected chi connectivity index (χ4v) is 1.89. The van der Waals surface area contributed by atoms with Crippen molar-refractivity contribution in [3.8, 4) is 0 Å². The third-order valence-corrected chi connectivity index (χ3v) is 3.06. The molecule has 114 valence electrons. The molecule has 0 rings (SSSR count). The lowest BCUT2D eigenvalue weighted by molar-refractivity contribution is -0.149. The first-order valence-electron chi connectivity index (χ1n) is 9.59. The number of esters is 1. The maximum Gasteiger partial charge on any atom is 0.306 e. The average molecular weight is 298 g/mol. The minimum Gasteiger partial charge on any atom is -0.459 e. The van der Waals surface area contributed by atoms with Crippen molar-refractivity contribution in [2.75, 3.05) is 12.4 Å². The fourth-order valence-electron chi connectivity index (χ4n) is 1.81. The molecule has 19 heavy (non-hydrogen) atoms. The Morgan fingerprint density at radius 2 is 1.74 bits per heavy atom. The van der Waals surface area contributed by atoms with E-state index in [0.29, 0.717) is 6.42 Å². The third kappa shape index (κ3) is 12.5. The van der Waals surface area contributed by atoms with Crippen LogP contribution in [0.3, 0.4) is 0 Å². The number of carbonyl (C=O) groups is 1. The van der Waals surface area contributed by atoms with Crippen molar-refractivity contribution in [3.63, 3.8) is 0 Å². The van der Waals surface area contributed by atoms with Crippen molar-refractivity contribution in [1.29, 1.82) is 0 Å². The molecular formula is C15H29ClO3. The summed E-state index contributed by atoms with van der Waals surface area (Å²) in [6.45, 7) is -1.25. The Morgan fingerprint density at radius 1 is 1.21 bits per heavy atom. The Morgan fingerprint density at radius 3 is 2.21 bits per heavy atom. The van der Waals surface area contributed by atoms with Crippen LogP contribution in [-0.4, -0.2) is 29.5 Å². The van der Waals surface area contributed by atoms with Crippen LogP contribution in [0.5, 0.6) is 0 Å². The van der Waals surface area contributed by atoms with Gasteiger partial charge in [-0.2, -0.15) is 0 Å². The summed E-state index contributed by atoms with van der Waals surface area (Å²) >= 11 is 5.29. The maximum atomic E-state index is 11.7. The van der Waals surface area contributed by atoms with Crippen LogP contribution in [0.2, 0.25) is 0 Å². The van der Waals surface area contributed by atoms with Crippen LogP contribution in [0.1, 0.15) is 78.0 Å². The summed E-state index contributed by atoms with van der Waals surface area (Å²) in [6.07, 6.45) is 6.17. The van der Waals surface area contributed by atoms with Gasteiger partial charge in [0.05, 0.1) is 16.5 Å². The monoisotopic (exact) mass is 297 g/mol. The van der Waals surface area contributed by atoms with Crippen molar-refractivity contribution in [3.05, 3.63) is 0 Å². The Bertz CT molecular complexity index is 355. The minimum atomic E-state index is -3.42. The summed E-state index contributed by atoms with van der Waals surface area (Å²) in [4.78, 5) is 11.7. The number of alkyl halides is 1. The fraction of sp³-hybridized carbons (Fsp3) is 0.933. The molecule has 0 aromatic rings. The van der Waals surface area contributed by atoms with Gasteiger partial charge in [0, 0.05) is 9.16 Å². The topological polar surface area (TPSA) is 46.5 Å². The minimum absolute atomic E-state index is 0.0699. The van der Waals surface area contributed by atoms with Gasteiger partial charge in [-0.05, 0) is 6.42 Å². The normalized spacial score (nSPS) is 19.4. The van der Waals surface area contributed by atoms with Crippen molar-refractivity contribution < 1.29 is 21.5 Å².